The van der Waals surface area contributed by atoms with E-state index in [1.165, 1.54) is 4.31 Å². The molecule has 6 heteroatoms. The minimum Gasteiger partial charge on any atom is -0.411 e. The van der Waals surface area contributed by atoms with Gasteiger partial charge in [-0.15, -0.1) is 0 Å². The summed E-state index contributed by atoms with van der Waals surface area (Å²) in [5.74, 6) is 0. The average Bonchev–Trinajstić information content (AvgIpc) is 2.54. The van der Waals surface area contributed by atoms with Gasteiger partial charge in [0.15, 0.2) is 0 Å². The van der Waals surface area contributed by atoms with Crippen LogP contribution in [0.2, 0.25) is 0 Å². The minimum atomic E-state index is -3.52. The van der Waals surface area contributed by atoms with Crippen LogP contribution < -0.4 is 0 Å². The Kier molecular flexibility index (Phi) is 3.65. The van der Waals surface area contributed by atoms with Crippen LogP contribution in [-0.2, 0) is 10.0 Å². The molecule has 3 rings (SSSR count). The van der Waals surface area contributed by atoms with Gasteiger partial charge in [-0.1, -0.05) is 41.6 Å². The Morgan fingerprint density at radius 1 is 1.00 bits per heavy atom. The maximum absolute atomic E-state index is 12.8. The highest BCUT2D eigenvalue weighted by molar-refractivity contribution is 7.89. The molecule has 0 radical (unpaired) electrons. The molecule has 0 bridgehead atoms. The van der Waals surface area contributed by atoms with Gasteiger partial charge in [-0.2, -0.15) is 4.31 Å². The standard InChI is InChI=1S/C15H16N2O3S/c18-16-13-8-10-17(11-9-13)21(19,20)15-7-3-5-12-4-1-2-6-14(12)15/h1-7,18H,8-11H2. The van der Waals surface area contributed by atoms with Crippen molar-refractivity contribution in [3.8, 4) is 0 Å². The number of fused-ring (bicyclic) bond motifs is 1. The van der Waals surface area contributed by atoms with Gasteiger partial charge in [0.05, 0.1) is 10.6 Å². The molecule has 0 amide bonds. The molecule has 0 aliphatic carbocycles. The number of hydrogen-bond donors (Lipinski definition) is 1. The van der Waals surface area contributed by atoms with E-state index >= 15 is 0 Å². The van der Waals surface area contributed by atoms with E-state index in [2.05, 4.69) is 5.16 Å². The smallest absolute Gasteiger partial charge is 0.243 e. The predicted molar refractivity (Wildman–Crippen MR) is 81.2 cm³/mol. The summed E-state index contributed by atoms with van der Waals surface area (Å²) in [6, 6.07) is 12.8. The second-order valence-electron chi connectivity index (χ2n) is 5.05. The summed E-state index contributed by atoms with van der Waals surface area (Å²) in [4.78, 5) is 0.338. The maximum atomic E-state index is 12.8. The summed E-state index contributed by atoms with van der Waals surface area (Å²) in [7, 11) is -3.52. The van der Waals surface area contributed by atoms with E-state index in [1.807, 2.05) is 30.3 Å². The first-order valence-corrected chi connectivity index (χ1v) is 8.24. The van der Waals surface area contributed by atoms with Crippen LogP contribution in [0.25, 0.3) is 10.8 Å². The lowest BCUT2D eigenvalue weighted by Crippen LogP contribution is -2.38. The number of benzene rings is 2. The van der Waals surface area contributed by atoms with Crippen molar-refractivity contribution in [2.45, 2.75) is 17.7 Å². The van der Waals surface area contributed by atoms with Gasteiger partial charge in [0.1, 0.15) is 0 Å². The number of hydrogen-bond acceptors (Lipinski definition) is 4. The lowest BCUT2D eigenvalue weighted by Gasteiger charge is -2.26. The van der Waals surface area contributed by atoms with E-state index in [0.717, 1.165) is 10.8 Å². The Balaban J connectivity index is 2.01. The highest BCUT2D eigenvalue weighted by Gasteiger charge is 2.29. The van der Waals surface area contributed by atoms with Crippen molar-refractivity contribution in [1.29, 1.82) is 0 Å². The molecule has 1 saturated heterocycles. The number of oxime groups is 1. The fourth-order valence-electron chi connectivity index (χ4n) is 2.64. The van der Waals surface area contributed by atoms with Crippen molar-refractivity contribution in [2.24, 2.45) is 5.16 Å². The summed E-state index contributed by atoms with van der Waals surface area (Å²) in [6.07, 6.45) is 0.945. The van der Waals surface area contributed by atoms with Crippen molar-refractivity contribution in [3.05, 3.63) is 42.5 Å². The lowest BCUT2D eigenvalue weighted by atomic mass is 10.1. The molecule has 110 valence electrons. The van der Waals surface area contributed by atoms with E-state index in [1.54, 1.807) is 12.1 Å². The normalized spacial score (nSPS) is 17.0. The first kappa shape index (κ1) is 14.0. The maximum Gasteiger partial charge on any atom is 0.243 e. The highest BCUT2D eigenvalue weighted by Crippen LogP contribution is 2.27. The quantitative estimate of drug-likeness (QED) is 0.684. The Hall–Kier alpha value is -1.92. The number of nitrogens with zero attached hydrogens (tertiary/aromatic N) is 2. The molecule has 1 aliphatic rings. The monoisotopic (exact) mass is 304 g/mol. The van der Waals surface area contributed by atoms with Crippen LogP contribution in [0.1, 0.15) is 12.8 Å². The third-order valence-corrected chi connectivity index (χ3v) is 5.77. The van der Waals surface area contributed by atoms with Crippen molar-refractivity contribution < 1.29 is 13.6 Å². The average molecular weight is 304 g/mol. The molecule has 1 N–H and O–H groups in total. The molecule has 21 heavy (non-hydrogen) atoms. The molecule has 0 atom stereocenters. The highest BCUT2D eigenvalue weighted by atomic mass is 32.2. The van der Waals surface area contributed by atoms with Crippen LogP contribution >= 0.6 is 0 Å². The van der Waals surface area contributed by atoms with E-state index in [4.69, 9.17) is 5.21 Å². The van der Waals surface area contributed by atoms with Gasteiger partial charge >= 0.3 is 0 Å². The van der Waals surface area contributed by atoms with Crippen LogP contribution in [0.5, 0.6) is 0 Å². The third-order valence-electron chi connectivity index (χ3n) is 3.81. The van der Waals surface area contributed by atoms with Crippen LogP contribution in [-0.4, -0.2) is 36.7 Å². The van der Waals surface area contributed by atoms with Crippen LogP contribution in [0.15, 0.2) is 52.5 Å². The van der Waals surface area contributed by atoms with Crippen LogP contribution in [0, 0.1) is 0 Å². The van der Waals surface area contributed by atoms with Crippen LogP contribution in [0.4, 0.5) is 0 Å². The molecular weight excluding hydrogens is 288 g/mol. The van der Waals surface area contributed by atoms with Crippen LogP contribution in [0.3, 0.4) is 0 Å². The zero-order chi connectivity index (χ0) is 14.9. The zero-order valence-electron chi connectivity index (χ0n) is 11.4. The molecule has 1 aliphatic heterocycles. The Morgan fingerprint density at radius 3 is 2.38 bits per heavy atom. The van der Waals surface area contributed by atoms with Gasteiger partial charge in [-0.3, -0.25) is 0 Å². The van der Waals surface area contributed by atoms with Gasteiger partial charge in [-0.25, -0.2) is 8.42 Å². The SMILES string of the molecule is O=S(=O)(c1cccc2ccccc12)N1CCC(=NO)CC1. The molecule has 1 heterocycles. The molecule has 1 fully saturated rings. The van der Waals surface area contributed by atoms with Gasteiger partial charge in [0.25, 0.3) is 0 Å². The molecule has 0 aromatic heterocycles. The van der Waals surface area contributed by atoms with E-state index in [0.29, 0.717) is 36.5 Å². The molecule has 2 aromatic carbocycles. The first-order valence-electron chi connectivity index (χ1n) is 6.80. The molecule has 0 saturated carbocycles. The summed E-state index contributed by atoms with van der Waals surface area (Å²) >= 11 is 0. The molecule has 0 unspecified atom stereocenters. The minimum absolute atomic E-state index is 0.338. The van der Waals surface area contributed by atoms with Gasteiger partial charge in [0, 0.05) is 31.3 Å². The third kappa shape index (κ3) is 2.52. The Bertz CT molecular complexity index is 784. The van der Waals surface area contributed by atoms with Crippen molar-refractivity contribution in [1.82, 2.24) is 4.31 Å². The summed E-state index contributed by atoms with van der Waals surface area (Å²) in [5, 5.41) is 13.6. The number of piperidine rings is 1. The van der Waals surface area contributed by atoms with E-state index in [-0.39, 0.29) is 0 Å². The Morgan fingerprint density at radius 2 is 1.67 bits per heavy atom. The van der Waals surface area contributed by atoms with Gasteiger partial charge < -0.3 is 5.21 Å². The predicted octanol–water partition coefficient (Wildman–Crippen LogP) is 2.45. The number of sulfonamides is 1. The Labute approximate surface area is 123 Å². The van der Waals surface area contributed by atoms with Gasteiger partial charge in [0.2, 0.25) is 10.0 Å². The van der Waals surface area contributed by atoms with Crippen molar-refractivity contribution in [3.63, 3.8) is 0 Å². The topological polar surface area (TPSA) is 70.0 Å². The molecular formula is C15H16N2O3S. The van der Waals surface area contributed by atoms with Gasteiger partial charge in [-0.05, 0) is 11.5 Å². The van der Waals surface area contributed by atoms with E-state index < -0.39 is 10.0 Å². The molecule has 5 nitrogen and oxygen atoms in total. The fourth-order valence-corrected chi connectivity index (χ4v) is 4.30. The van der Waals surface area contributed by atoms with Crippen molar-refractivity contribution >= 4 is 26.5 Å². The van der Waals surface area contributed by atoms with E-state index in [9.17, 15) is 8.42 Å². The van der Waals surface area contributed by atoms with Crippen molar-refractivity contribution in [2.75, 3.05) is 13.1 Å². The molecule has 0 spiro atoms. The second kappa shape index (κ2) is 5.46. The largest absolute Gasteiger partial charge is 0.411 e. The first-order chi connectivity index (χ1) is 10.1. The number of rotatable bonds is 2. The second-order valence-corrected chi connectivity index (χ2v) is 6.95. The zero-order valence-corrected chi connectivity index (χ0v) is 12.3. The lowest BCUT2D eigenvalue weighted by molar-refractivity contribution is 0.310. The summed E-state index contributed by atoms with van der Waals surface area (Å²) in [5.41, 5.74) is 0.652. The summed E-state index contributed by atoms with van der Waals surface area (Å²) < 4.78 is 27.1. The summed E-state index contributed by atoms with van der Waals surface area (Å²) in [6.45, 7) is 0.704. The molecule has 2 aromatic rings. The fraction of sp³-hybridized carbons (Fsp3) is 0.267.